The summed E-state index contributed by atoms with van der Waals surface area (Å²) in [6.07, 6.45) is 3.49. The monoisotopic (exact) mass is 206 g/mol. The summed E-state index contributed by atoms with van der Waals surface area (Å²) in [6.45, 7) is 0. The molecule has 0 unspecified atom stereocenters. The van der Waals surface area contributed by atoms with Gasteiger partial charge in [0.2, 0.25) is 0 Å². The number of carbonyl (C=O) groups is 1. The fourth-order valence-electron chi connectivity index (χ4n) is 1.98. The Hall–Kier alpha value is -2.15. The fourth-order valence-corrected chi connectivity index (χ4v) is 1.98. The zero-order valence-electron chi connectivity index (χ0n) is 8.68. The van der Waals surface area contributed by atoms with Gasteiger partial charge in [0.05, 0.1) is 0 Å². The van der Waals surface area contributed by atoms with E-state index in [1.165, 1.54) is 0 Å². The van der Waals surface area contributed by atoms with E-state index in [1.807, 2.05) is 36.4 Å². The molecule has 1 aliphatic rings. The van der Waals surface area contributed by atoms with Crippen molar-refractivity contribution in [1.82, 2.24) is 0 Å². The van der Waals surface area contributed by atoms with Gasteiger partial charge in [-0.1, -0.05) is 48.5 Å². The van der Waals surface area contributed by atoms with E-state index >= 15 is 0 Å². The third-order valence-electron chi connectivity index (χ3n) is 2.84. The van der Waals surface area contributed by atoms with E-state index in [2.05, 4.69) is 18.2 Å². The van der Waals surface area contributed by atoms with Crippen LogP contribution in [-0.4, -0.2) is 5.78 Å². The molecule has 0 heterocycles. The third kappa shape index (κ3) is 1.38. The molecule has 0 atom stereocenters. The van der Waals surface area contributed by atoms with Gasteiger partial charge < -0.3 is 0 Å². The molecule has 0 radical (unpaired) electrons. The summed E-state index contributed by atoms with van der Waals surface area (Å²) in [5, 5.41) is 0. The van der Waals surface area contributed by atoms with E-state index in [-0.39, 0.29) is 5.78 Å². The Morgan fingerprint density at radius 2 is 1.56 bits per heavy atom. The molecule has 2 aromatic carbocycles. The number of rotatable bonds is 1. The summed E-state index contributed by atoms with van der Waals surface area (Å²) < 4.78 is 0. The van der Waals surface area contributed by atoms with Crippen molar-refractivity contribution in [3.8, 4) is 11.1 Å². The molecule has 0 N–H and O–H groups in total. The molecule has 0 fully saturated rings. The molecule has 0 amide bonds. The average Bonchev–Trinajstić information content (AvgIpc) is 2.72. The van der Waals surface area contributed by atoms with Crippen molar-refractivity contribution in [2.75, 3.05) is 0 Å². The molecule has 1 heteroatoms. The van der Waals surface area contributed by atoms with Crippen LogP contribution in [0.1, 0.15) is 15.9 Å². The molecule has 0 aliphatic heterocycles. The third-order valence-corrected chi connectivity index (χ3v) is 2.84. The molecular weight excluding hydrogens is 196 g/mol. The van der Waals surface area contributed by atoms with Gasteiger partial charge in [-0.05, 0) is 28.8 Å². The Morgan fingerprint density at radius 3 is 2.38 bits per heavy atom. The first kappa shape index (κ1) is 9.10. The van der Waals surface area contributed by atoms with Crippen LogP contribution in [0.5, 0.6) is 0 Å². The number of hydrogen-bond donors (Lipinski definition) is 0. The van der Waals surface area contributed by atoms with Crippen molar-refractivity contribution in [1.29, 1.82) is 0 Å². The SMILES string of the molecule is O=C1C=Cc2ccc(-c3ccccc3)cc21. The number of benzene rings is 2. The number of ketones is 1. The van der Waals surface area contributed by atoms with Gasteiger partial charge in [0.15, 0.2) is 5.78 Å². The Balaban J connectivity index is 2.13. The quantitative estimate of drug-likeness (QED) is 0.697. The normalized spacial score (nSPS) is 12.9. The van der Waals surface area contributed by atoms with Crippen molar-refractivity contribution in [2.45, 2.75) is 0 Å². The Labute approximate surface area is 94.0 Å². The highest BCUT2D eigenvalue weighted by Gasteiger charge is 2.13. The van der Waals surface area contributed by atoms with E-state index in [1.54, 1.807) is 6.08 Å². The lowest BCUT2D eigenvalue weighted by Crippen LogP contribution is -1.92. The largest absolute Gasteiger partial charge is 0.289 e. The molecule has 0 bridgehead atoms. The number of fused-ring (bicyclic) bond motifs is 1. The topological polar surface area (TPSA) is 17.1 Å². The summed E-state index contributed by atoms with van der Waals surface area (Å²) in [5.41, 5.74) is 4.06. The Kier molecular flexibility index (Phi) is 1.97. The van der Waals surface area contributed by atoms with E-state index in [9.17, 15) is 4.79 Å². The van der Waals surface area contributed by atoms with Crippen molar-refractivity contribution >= 4 is 11.9 Å². The first-order valence-corrected chi connectivity index (χ1v) is 5.26. The lowest BCUT2D eigenvalue weighted by molar-refractivity contribution is 0.105. The minimum Gasteiger partial charge on any atom is -0.289 e. The van der Waals surface area contributed by atoms with Crippen molar-refractivity contribution in [2.24, 2.45) is 0 Å². The number of allylic oxidation sites excluding steroid dienone is 1. The van der Waals surface area contributed by atoms with Crippen LogP contribution in [-0.2, 0) is 0 Å². The van der Waals surface area contributed by atoms with Crippen molar-refractivity contribution in [3.63, 3.8) is 0 Å². The Morgan fingerprint density at radius 1 is 0.750 bits per heavy atom. The van der Waals surface area contributed by atoms with Gasteiger partial charge in [-0.3, -0.25) is 4.79 Å². The summed E-state index contributed by atoms with van der Waals surface area (Å²) in [5.74, 6) is 0.104. The minimum absolute atomic E-state index is 0.104. The maximum absolute atomic E-state index is 11.6. The predicted octanol–water partition coefficient (Wildman–Crippen LogP) is 3.56. The van der Waals surface area contributed by atoms with Crippen LogP contribution in [0.15, 0.2) is 54.6 Å². The highest BCUT2D eigenvalue weighted by molar-refractivity contribution is 6.14. The van der Waals surface area contributed by atoms with Gasteiger partial charge in [0.1, 0.15) is 0 Å². The maximum Gasteiger partial charge on any atom is 0.186 e. The first-order valence-electron chi connectivity index (χ1n) is 5.26. The molecule has 0 aromatic heterocycles. The fraction of sp³-hybridized carbons (Fsp3) is 0. The minimum atomic E-state index is 0.104. The second-order valence-corrected chi connectivity index (χ2v) is 3.87. The van der Waals surface area contributed by atoms with Crippen molar-refractivity contribution < 1.29 is 4.79 Å². The molecule has 0 spiro atoms. The zero-order chi connectivity index (χ0) is 11.0. The zero-order valence-corrected chi connectivity index (χ0v) is 8.68. The predicted molar refractivity (Wildman–Crippen MR) is 65.2 cm³/mol. The van der Waals surface area contributed by atoms with Crippen LogP contribution in [0.3, 0.4) is 0 Å². The lowest BCUT2D eigenvalue weighted by atomic mass is 10.0. The molecule has 3 rings (SSSR count). The van der Waals surface area contributed by atoms with Gasteiger partial charge in [0, 0.05) is 5.56 Å². The molecule has 1 aliphatic carbocycles. The van der Waals surface area contributed by atoms with Crippen LogP contribution in [0.4, 0.5) is 0 Å². The van der Waals surface area contributed by atoms with Gasteiger partial charge in [-0.2, -0.15) is 0 Å². The lowest BCUT2D eigenvalue weighted by Gasteiger charge is -2.04. The van der Waals surface area contributed by atoms with Crippen LogP contribution in [0, 0.1) is 0 Å². The molecule has 0 saturated carbocycles. The van der Waals surface area contributed by atoms with Gasteiger partial charge >= 0.3 is 0 Å². The summed E-state index contributed by atoms with van der Waals surface area (Å²) in [7, 11) is 0. The molecule has 16 heavy (non-hydrogen) atoms. The van der Waals surface area contributed by atoms with E-state index in [0.29, 0.717) is 0 Å². The van der Waals surface area contributed by atoms with Crippen LogP contribution < -0.4 is 0 Å². The van der Waals surface area contributed by atoms with Gasteiger partial charge in [-0.15, -0.1) is 0 Å². The van der Waals surface area contributed by atoms with E-state index in [4.69, 9.17) is 0 Å². The first-order chi connectivity index (χ1) is 7.84. The Bertz CT molecular complexity index is 580. The van der Waals surface area contributed by atoms with Crippen LogP contribution in [0.2, 0.25) is 0 Å². The average molecular weight is 206 g/mol. The molecule has 0 saturated heterocycles. The second-order valence-electron chi connectivity index (χ2n) is 3.87. The second kappa shape index (κ2) is 3.46. The molecular formula is C15H10O. The number of hydrogen-bond acceptors (Lipinski definition) is 1. The molecule has 2 aromatic rings. The van der Waals surface area contributed by atoms with Gasteiger partial charge in [-0.25, -0.2) is 0 Å². The highest BCUT2D eigenvalue weighted by Crippen LogP contribution is 2.26. The molecule has 76 valence electrons. The van der Waals surface area contributed by atoms with E-state index in [0.717, 1.165) is 22.3 Å². The standard InChI is InChI=1S/C15H10O/c16-15-9-8-12-6-7-13(10-14(12)15)11-4-2-1-3-5-11/h1-10H. The maximum atomic E-state index is 11.6. The summed E-state index contributed by atoms with van der Waals surface area (Å²) >= 11 is 0. The van der Waals surface area contributed by atoms with Gasteiger partial charge in [0.25, 0.3) is 0 Å². The smallest absolute Gasteiger partial charge is 0.186 e. The summed E-state index contributed by atoms with van der Waals surface area (Å²) in [4.78, 5) is 11.6. The van der Waals surface area contributed by atoms with Crippen LogP contribution in [0.25, 0.3) is 17.2 Å². The summed E-state index contributed by atoms with van der Waals surface area (Å²) in [6, 6.07) is 16.1. The van der Waals surface area contributed by atoms with Crippen LogP contribution >= 0.6 is 0 Å². The number of carbonyl (C=O) groups excluding carboxylic acids is 1. The highest BCUT2D eigenvalue weighted by atomic mass is 16.1. The van der Waals surface area contributed by atoms with Crippen molar-refractivity contribution in [3.05, 3.63) is 65.7 Å². The van der Waals surface area contributed by atoms with E-state index < -0.39 is 0 Å². The molecule has 1 nitrogen and oxygen atoms in total.